The average Bonchev–Trinajstić information content (AvgIpc) is 2.54. The van der Waals surface area contributed by atoms with Gasteiger partial charge in [-0.05, 0) is 69.5 Å². The van der Waals surface area contributed by atoms with E-state index in [0.717, 1.165) is 12.8 Å². The first kappa shape index (κ1) is 31.2. The van der Waals surface area contributed by atoms with Crippen LogP contribution in [0.1, 0.15) is 60.3 Å². The van der Waals surface area contributed by atoms with Crippen molar-refractivity contribution < 1.29 is 16.5 Å². The Balaban J connectivity index is 5.34. The van der Waals surface area contributed by atoms with Crippen molar-refractivity contribution in [3.8, 4) is 0 Å². The lowest BCUT2D eigenvalue weighted by atomic mass is 10.4. The molecule has 0 amide bonds. The highest BCUT2D eigenvalue weighted by atomic mass is 35.6. The van der Waals surface area contributed by atoms with Crippen molar-refractivity contribution in [1.29, 1.82) is 0 Å². The second-order valence-corrected chi connectivity index (χ2v) is 31.6. The van der Waals surface area contributed by atoms with Crippen LogP contribution in [0.25, 0.3) is 0 Å². The highest BCUT2D eigenvalue weighted by Gasteiger charge is 2.51. The Morgan fingerprint density at radius 3 is 1.37 bits per heavy atom. The van der Waals surface area contributed by atoms with Gasteiger partial charge in [0.1, 0.15) is 0 Å². The molecule has 0 aliphatic carbocycles. The van der Waals surface area contributed by atoms with Crippen LogP contribution in [-0.4, -0.2) is 41.6 Å². The molecule has 0 aromatic rings. The minimum Gasteiger partial charge on any atom is -0.436 e. The van der Waals surface area contributed by atoms with Gasteiger partial charge in [-0.2, -0.15) is 0 Å². The van der Waals surface area contributed by atoms with Crippen LogP contribution in [0, 0.1) is 0 Å². The number of rotatable bonds is 15. The van der Waals surface area contributed by atoms with Gasteiger partial charge in [-0.3, -0.25) is 0 Å². The predicted molar refractivity (Wildman–Crippen MR) is 145 cm³/mol. The summed E-state index contributed by atoms with van der Waals surface area (Å²) in [4.78, 5) is 0. The Bertz CT molecular complexity index is 507. The third-order valence-corrected chi connectivity index (χ3v) is 28.9. The smallest absolute Gasteiger partial charge is 0.314 e. The fourth-order valence-corrected chi connectivity index (χ4v) is 31.5. The van der Waals surface area contributed by atoms with Crippen LogP contribution in [-0.2, 0) is 16.5 Å². The average molecular weight is 532 g/mol. The van der Waals surface area contributed by atoms with Gasteiger partial charge >= 0.3 is 25.7 Å². The van der Waals surface area contributed by atoms with E-state index < -0.39 is 41.6 Å². The topological polar surface area (TPSA) is 36.9 Å². The lowest BCUT2D eigenvalue weighted by Crippen LogP contribution is -2.59. The molecule has 182 valence electrons. The van der Waals surface area contributed by atoms with Crippen LogP contribution in [0.5, 0.6) is 0 Å². The molecule has 0 radical (unpaired) electrons. The molecule has 0 bridgehead atoms. The molecule has 0 aromatic heterocycles. The Kier molecular flexibility index (Phi) is 12.6. The number of hydrogen-bond acceptors (Lipinski definition) is 4. The lowest BCUT2D eigenvalue weighted by molar-refractivity contribution is 0.295. The highest BCUT2D eigenvalue weighted by Crippen LogP contribution is 2.43. The van der Waals surface area contributed by atoms with Gasteiger partial charge in [0.15, 0.2) is 8.32 Å². The van der Waals surface area contributed by atoms with Gasteiger partial charge in [-0.25, -0.2) is 0 Å². The van der Waals surface area contributed by atoms with E-state index in [0.29, 0.717) is 11.1 Å². The highest BCUT2D eigenvalue weighted by molar-refractivity contribution is 7.20. The lowest BCUT2D eigenvalue weighted by Gasteiger charge is -2.44. The minimum atomic E-state index is -2.47. The summed E-state index contributed by atoms with van der Waals surface area (Å²) in [6.07, 6.45) is 4.50. The zero-order chi connectivity index (χ0) is 24.0. The van der Waals surface area contributed by atoms with Gasteiger partial charge in [-0.15, -0.1) is 11.1 Å². The second-order valence-electron chi connectivity index (χ2n) is 10.8. The summed E-state index contributed by atoms with van der Waals surface area (Å²) in [7, 11) is -11.4. The molecule has 0 aliphatic heterocycles. The van der Waals surface area contributed by atoms with Crippen LogP contribution in [0.15, 0.2) is 0 Å². The van der Waals surface area contributed by atoms with Crippen LogP contribution >= 0.6 is 11.1 Å². The normalized spacial score (nSPS) is 18.2. The molecule has 4 nitrogen and oxygen atoms in total. The van der Waals surface area contributed by atoms with Gasteiger partial charge in [0.2, 0.25) is 0 Å². The first-order chi connectivity index (χ1) is 13.4. The standard InChI is InChI=1S/C20H51ClO4Si5/c1-14-17-18-26(6,7)22-27(8,9)23-28(10,11)24-29(12,13)25-30(21,19(4)15-2)20(5)16-3/h19-20H,14-18H2,1-13H3. The summed E-state index contributed by atoms with van der Waals surface area (Å²) < 4.78 is 26.8. The van der Waals surface area contributed by atoms with Gasteiger partial charge < -0.3 is 16.5 Å². The Morgan fingerprint density at radius 1 is 0.633 bits per heavy atom. The molecule has 0 aliphatic rings. The molecule has 10 heteroatoms. The van der Waals surface area contributed by atoms with Crippen LogP contribution < -0.4 is 0 Å². The van der Waals surface area contributed by atoms with E-state index in [1.165, 1.54) is 18.9 Å². The number of halogens is 1. The number of hydrogen-bond donors (Lipinski definition) is 0. The zero-order valence-corrected chi connectivity index (χ0v) is 28.0. The van der Waals surface area contributed by atoms with Crippen LogP contribution in [0.3, 0.4) is 0 Å². The molecule has 0 aromatic carbocycles. The predicted octanol–water partition coefficient (Wildman–Crippen LogP) is 8.44. The quantitative estimate of drug-likeness (QED) is 0.157. The molecule has 0 N–H and O–H groups in total. The molecule has 2 atom stereocenters. The van der Waals surface area contributed by atoms with E-state index in [-0.39, 0.29) is 0 Å². The first-order valence-corrected chi connectivity index (χ1v) is 26.5. The molecular formula is C20H51ClO4Si5. The maximum Gasteiger partial charge on any atom is 0.314 e. The molecule has 0 saturated heterocycles. The van der Waals surface area contributed by atoms with E-state index in [4.69, 9.17) is 27.5 Å². The molecule has 0 rings (SSSR count). The van der Waals surface area contributed by atoms with E-state index in [1.807, 2.05) is 0 Å². The summed E-state index contributed by atoms with van der Waals surface area (Å²) in [6.45, 7) is 28.6. The molecule has 0 heterocycles. The van der Waals surface area contributed by atoms with Crippen molar-refractivity contribution in [2.45, 2.75) is 130 Å². The van der Waals surface area contributed by atoms with Crippen LogP contribution in [0.4, 0.5) is 0 Å². The minimum absolute atomic E-state index is 0.384. The second kappa shape index (κ2) is 12.1. The maximum atomic E-state index is 7.26. The van der Waals surface area contributed by atoms with Crippen molar-refractivity contribution in [3.63, 3.8) is 0 Å². The molecule has 30 heavy (non-hydrogen) atoms. The van der Waals surface area contributed by atoms with Crippen LogP contribution in [0.2, 0.25) is 69.5 Å². The summed E-state index contributed by atoms with van der Waals surface area (Å²) in [6, 6.07) is 1.18. The fourth-order valence-electron chi connectivity index (χ4n) is 4.19. The van der Waals surface area contributed by atoms with Gasteiger partial charge in [0.25, 0.3) is 7.63 Å². The van der Waals surface area contributed by atoms with E-state index >= 15 is 0 Å². The van der Waals surface area contributed by atoms with E-state index in [2.05, 4.69) is 87.0 Å². The van der Waals surface area contributed by atoms with Crippen molar-refractivity contribution in [2.24, 2.45) is 0 Å². The molecule has 0 spiro atoms. The van der Waals surface area contributed by atoms with Gasteiger partial charge in [0.05, 0.1) is 0 Å². The number of unbranched alkanes of at least 4 members (excludes halogenated alkanes) is 1. The molecular weight excluding hydrogens is 480 g/mol. The summed E-state index contributed by atoms with van der Waals surface area (Å²) >= 11 is 7.26. The Morgan fingerprint density at radius 2 is 1.00 bits per heavy atom. The summed E-state index contributed by atoms with van der Waals surface area (Å²) in [5.74, 6) is 0. The van der Waals surface area contributed by atoms with Crippen molar-refractivity contribution in [2.75, 3.05) is 0 Å². The van der Waals surface area contributed by atoms with Crippen molar-refractivity contribution in [3.05, 3.63) is 0 Å². The van der Waals surface area contributed by atoms with Gasteiger partial charge in [0, 0.05) is 0 Å². The zero-order valence-electron chi connectivity index (χ0n) is 22.2. The first-order valence-electron chi connectivity index (χ1n) is 11.8. The van der Waals surface area contributed by atoms with Crippen molar-refractivity contribution in [1.82, 2.24) is 0 Å². The largest absolute Gasteiger partial charge is 0.436 e. The SMILES string of the molecule is CCCC[Si](C)(C)O[Si](C)(C)O[Si](C)(C)O[Si](C)(C)O[Si](Cl)(C(C)CC)C(C)CC. The van der Waals surface area contributed by atoms with E-state index in [1.54, 1.807) is 0 Å². The Hall–Kier alpha value is 1.21. The molecule has 2 unspecified atom stereocenters. The summed E-state index contributed by atoms with van der Waals surface area (Å²) in [5.41, 5.74) is 0.768. The molecule has 0 saturated carbocycles. The van der Waals surface area contributed by atoms with Crippen molar-refractivity contribution >= 4 is 52.7 Å². The van der Waals surface area contributed by atoms with Gasteiger partial charge in [-0.1, -0.05) is 60.3 Å². The third-order valence-electron chi connectivity index (χ3n) is 5.61. The molecule has 0 fully saturated rings. The maximum absolute atomic E-state index is 7.26. The monoisotopic (exact) mass is 530 g/mol. The summed E-state index contributed by atoms with van der Waals surface area (Å²) in [5, 5.41) is 0. The fraction of sp³-hybridized carbons (Fsp3) is 1.00. The Labute approximate surface area is 198 Å². The third kappa shape index (κ3) is 10.9. The van der Waals surface area contributed by atoms with E-state index in [9.17, 15) is 0 Å².